The summed E-state index contributed by atoms with van der Waals surface area (Å²) >= 11 is 0. The molecule has 2 aromatic heterocycles. The van der Waals surface area contributed by atoms with E-state index in [0.29, 0.717) is 55.5 Å². The SMILES string of the molecule is O=C1C(=O)N(CCCn2ccnc2)[C@@H](c2ccco2)/C1=C(\O)c1ccc2c(c1)OCCO2. The molecule has 0 radical (unpaired) electrons. The maximum absolute atomic E-state index is 13.0. The molecule has 164 valence electrons. The zero-order valence-corrected chi connectivity index (χ0v) is 17.1. The zero-order valence-electron chi connectivity index (χ0n) is 17.1. The Morgan fingerprint density at radius 1 is 1.12 bits per heavy atom. The molecule has 1 amide bonds. The summed E-state index contributed by atoms with van der Waals surface area (Å²) in [7, 11) is 0. The van der Waals surface area contributed by atoms with Crippen LogP contribution in [0.2, 0.25) is 0 Å². The Kier molecular flexibility index (Phi) is 5.14. The zero-order chi connectivity index (χ0) is 22.1. The Bertz CT molecular complexity index is 1170. The summed E-state index contributed by atoms with van der Waals surface area (Å²) in [6.45, 7) is 1.79. The minimum atomic E-state index is -0.819. The fourth-order valence-electron chi connectivity index (χ4n) is 4.04. The smallest absolute Gasteiger partial charge is 0.295 e. The molecule has 1 atom stereocenters. The lowest BCUT2D eigenvalue weighted by atomic mass is 9.99. The Balaban J connectivity index is 1.49. The van der Waals surface area contributed by atoms with E-state index in [4.69, 9.17) is 13.9 Å². The Morgan fingerprint density at radius 2 is 1.97 bits per heavy atom. The number of ether oxygens (including phenoxy) is 2. The van der Waals surface area contributed by atoms with Crippen LogP contribution in [0.3, 0.4) is 0 Å². The number of hydrogen-bond donors (Lipinski definition) is 1. The van der Waals surface area contributed by atoms with Crippen molar-refractivity contribution in [2.45, 2.75) is 19.0 Å². The highest BCUT2D eigenvalue weighted by molar-refractivity contribution is 6.46. The molecule has 3 aromatic rings. The molecule has 0 aliphatic carbocycles. The van der Waals surface area contributed by atoms with Crippen LogP contribution in [0.4, 0.5) is 0 Å². The fraction of sp³-hybridized carbons (Fsp3) is 0.261. The van der Waals surface area contributed by atoms with Crippen LogP contribution in [-0.4, -0.2) is 51.0 Å². The molecule has 9 nitrogen and oxygen atoms in total. The van der Waals surface area contributed by atoms with Crippen LogP contribution in [0.5, 0.6) is 11.5 Å². The number of furan rings is 1. The molecule has 5 rings (SSSR count). The normalized spacial score (nSPS) is 19.5. The highest BCUT2D eigenvalue weighted by Crippen LogP contribution is 2.41. The summed E-state index contributed by atoms with van der Waals surface area (Å²) in [6.07, 6.45) is 7.29. The second-order valence-electron chi connectivity index (χ2n) is 7.52. The van der Waals surface area contributed by atoms with E-state index in [9.17, 15) is 14.7 Å². The molecule has 1 N–H and O–H groups in total. The molecule has 0 unspecified atom stereocenters. The van der Waals surface area contributed by atoms with Crippen LogP contribution in [0.1, 0.15) is 23.8 Å². The van der Waals surface area contributed by atoms with Crippen molar-refractivity contribution >= 4 is 17.4 Å². The van der Waals surface area contributed by atoms with Crippen molar-refractivity contribution in [3.63, 3.8) is 0 Å². The predicted molar refractivity (Wildman–Crippen MR) is 112 cm³/mol. The second-order valence-corrected chi connectivity index (χ2v) is 7.52. The first-order valence-corrected chi connectivity index (χ1v) is 10.3. The Labute approximate surface area is 183 Å². The van der Waals surface area contributed by atoms with Gasteiger partial charge in [0.25, 0.3) is 11.7 Å². The van der Waals surface area contributed by atoms with Gasteiger partial charge in [-0.1, -0.05) is 0 Å². The monoisotopic (exact) mass is 435 g/mol. The highest BCUT2D eigenvalue weighted by Gasteiger charge is 2.47. The van der Waals surface area contributed by atoms with Gasteiger partial charge < -0.3 is 28.5 Å². The van der Waals surface area contributed by atoms with E-state index in [1.54, 1.807) is 42.9 Å². The van der Waals surface area contributed by atoms with Gasteiger partial charge in [0, 0.05) is 31.0 Å². The summed E-state index contributed by atoms with van der Waals surface area (Å²) in [5, 5.41) is 11.1. The molecule has 1 saturated heterocycles. The molecular weight excluding hydrogens is 414 g/mol. The van der Waals surface area contributed by atoms with Gasteiger partial charge in [0.2, 0.25) is 0 Å². The minimum Gasteiger partial charge on any atom is -0.507 e. The van der Waals surface area contributed by atoms with Crippen LogP contribution in [0.25, 0.3) is 5.76 Å². The van der Waals surface area contributed by atoms with E-state index in [0.717, 1.165) is 0 Å². The van der Waals surface area contributed by atoms with Gasteiger partial charge in [-0.05, 0) is 36.8 Å². The molecule has 2 aliphatic rings. The standard InChI is InChI=1S/C23H21N3O6/c27-21(15-4-5-16-18(13-15)32-12-11-31-16)19-20(17-3-1-10-30-17)26(23(29)22(19)28)8-2-7-25-9-6-24-14-25/h1,3-6,9-10,13-14,20,27H,2,7-8,11-12H2/b21-19+/t20-/m0/s1. The summed E-state index contributed by atoms with van der Waals surface area (Å²) in [5.41, 5.74) is 0.353. The molecule has 32 heavy (non-hydrogen) atoms. The van der Waals surface area contributed by atoms with Crippen molar-refractivity contribution in [1.29, 1.82) is 0 Å². The number of carbonyl (C=O) groups is 2. The van der Waals surface area contributed by atoms with Crippen LogP contribution in [0, 0.1) is 0 Å². The number of ketones is 1. The maximum Gasteiger partial charge on any atom is 0.295 e. The van der Waals surface area contributed by atoms with Crippen molar-refractivity contribution in [2.75, 3.05) is 19.8 Å². The van der Waals surface area contributed by atoms with E-state index in [1.807, 2.05) is 10.8 Å². The molecular formula is C23H21N3O6. The van der Waals surface area contributed by atoms with Gasteiger partial charge in [0.1, 0.15) is 30.8 Å². The molecule has 9 heteroatoms. The van der Waals surface area contributed by atoms with Gasteiger partial charge in [-0.3, -0.25) is 9.59 Å². The molecule has 0 spiro atoms. The fourth-order valence-corrected chi connectivity index (χ4v) is 4.04. The summed E-state index contributed by atoms with van der Waals surface area (Å²) in [5.74, 6) is -0.248. The maximum atomic E-state index is 13.0. The number of hydrogen-bond acceptors (Lipinski definition) is 7. The van der Waals surface area contributed by atoms with Crippen molar-refractivity contribution in [2.24, 2.45) is 0 Å². The van der Waals surface area contributed by atoms with Gasteiger partial charge in [-0.2, -0.15) is 0 Å². The summed E-state index contributed by atoms with van der Waals surface area (Å²) in [6, 6.07) is 7.47. The minimum absolute atomic E-state index is 0.00995. The van der Waals surface area contributed by atoms with Gasteiger partial charge in [0.15, 0.2) is 11.5 Å². The third-order valence-electron chi connectivity index (χ3n) is 5.54. The van der Waals surface area contributed by atoms with Crippen LogP contribution in [-0.2, 0) is 16.1 Å². The Hall–Kier alpha value is -4.01. The predicted octanol–water partition coefficient (Wildman–Crippen LogP) is 2.76. The third kappa shape index (κ3) is 3.51. The highest BCUT2D eigenvalue weighted by atomic mass is 16.6. The van der Waals surface area contributed by atoms with Crippen molar-refractivity contribution in [1.82, 2.24) is 14.5 Å². The number of carbonyl (C=O) groups excluding carboxylic acids is 2. The topological polar surface area (TPSA) is 107 Å². The number of aromatic nitrogens is 2. The first-order chi connectivity index (χ1) is 15.6. The molecule has 0 saturated carbocycles. The lowest BCUT2D eigenvalue weighted by molar-refractivity contribution is -0.140. The number of aryl methyl sites for hydroxylation is 1. The van der Waals surface area contributed by atoms with E-state index < -0.39 is 17.7 Å². The average molecular weight is 435 g/mol. The molecule has 1 fully saturated rings. The van der Waals surface area contributed by atoms with Crippen molar-refractivity contribution in [3.8, 4) is 11.5 Å². The summed E-state index contributed by atoms with van der Waals surface area (Å²) in [4.78, 5) is 31.4. The quantitative estimate of drug-likeness (QED) is 0.360. The second kappa shape index (κ2) is 8.26. The number of nitrogens with zero attached hydrogens (tertiary/aromatic N) is 3. The average Bonchev–Trinajstić information content (AvgIpc) is 3.57. The number of amides is 1. The first kappa shape index (κ1) is 19.9. The van der Waals surface area contributed by atoms with Gasteiger partial charge in [-0.25, -0.2) is 4.98 Å². The number of aliphatic hydroxyl groups is 1. The molecule has 2 aliphatic heterocycles. The molecule has 1 aromatic carbocycles. The summed E-state index contributed by atoms with van der Waals surface area (Å²) < 4.78 is 18.6. The Morgan fingerprint density at radius 3 is 2.72 bits per heavy atom. The molecule has 4 heterocycles. The van der Waals surface area contributed by atoms with Gasteiger partial charge >= 0.3 is 0 Å². The number of imidazole rings is 1. The van der Waals surface area contributed by atoms with Crippen LogP contribution >= 0.6 is 0 Å². The van der Waals surface area contributed by atoms with Gasteiger partial charge in [0.05, 0.1) is 18.2 Å². The third-order valence-corrected chi connectivity index (χ3v) is 5.54. The molecule has 0 bridgehead atoms. The number of aliphatic hydroxyl groups excluding tert-OH is 1. The number of likely N-dealkylation sites (tertiary alicyclic amines) is 1. The largest absolute Gasteiger partial charge is 0.507 e. The van der Waals surface area contributed by atoms with E-state index in [1.165, 1.54) is 11.2 Å². The number of benzene rings is 1. The number of fused-ring (bicyclic) bond motifs is 1. The first-order valence-electron chi connectivity index (χ1n) is 10.3. The van der Waals surface area contributed by atoms with Crippen LogP contribution < -0.4 is 9.47 Å². The van der Waals surface area contributed by atoms with Crippen molar-refractivity contribution < 1.29 is 28.6 Å². The number of Topliss-reactive ketones (excluding diaryl/α,β-unsaturated/α-hetero) is 1. The lowest BCUT2D eigenvalue weighted by Gasteiger charge is -2.23. The number of rotatable bonds is 6. The lowest BCUT2D eigenvalue weighted by Crippen LogP contribution is -2.31. The van der Waals surface area contributed by atoms with E-state index in [2.05, 4.69) is 4.98 Å². The van der Waals surface area contributed by atoms with E-state index in [-0.39, 0.29) is 11.3 Å². The van der Waals surface area contributed by atoms with Gasteiger partial charge in [-0.15, -0.1) is 0 Å². The van der Waals surface area contributed by atoms with Crippen molar-refractivity contribution in [3.05, 3.63) is 72.2 Å². The van der Waals surface area contributed by atoms with E-state index >= 15 is 0 Å². The van der Waals surface area contributed by atoms with Crippen LogP contribution in [0.15, 0.2) is 65.3 Å².